The maximum Gasteiger partial charge on any atom is 0.178 e. The zero-order valence-corrected chi connectivity index (χ0v) is 21.7. The molecule has 0 unspecified atom stereocenters. The molecule has 0 spiro atoms. The number of Topliss-reactive ketones (excluding diaryl/α,β-unsaturated/α-hetero) is 1. The van der Waals surface area contributed by atoms with Crippen molar-refractivity contribution in [3.05, 3.63) is 87.2 Å². The topological polar surface area (TPSA) is 51.2 Å². The average Bonchev–Trinajstić information content (AvgIpc) is 2.75. The van der Waals surface area contributed by atoms with E-state index in [1.807, 2.05) is 13.8 Å². The van der Waals surface area contributed by atoms with E-state index in [0.29, 0.717) is 44.6 Å². The van der Waals surface area contributed by atoms with E-state index in [4.69, 9.17) is 23.2 Å². The molecule has 7 heteroatoms. The molecular weight excluding hydrogens is 494 g/mol. The van der Waals surface area contributed by atoms with Crippen LogP contribution in [0.15, 0.2) is 59.5 Å². The number of rotatable bonds is 9. The number of hydrogen-bond donors (Lipinski definition) is 0. The smallest absolute Gasteiger partial charge is 0.178 e. The molecule has 0 heterocycles. The van der Waals surface area contributed by atoms with Gasteiger partial charge in [0.15, 0.2) is 9.84 Å². The van der Waals surface area contributed by atoms with Gasteiger partial charge in [0.2, 0.25) is 0 Å². The van der Waals surface area contributed by atoms with E-state index in [1.165, 1.54) is 18.2 Å². The molecule has 34 heavy (non-hydrogen) atoms. The lowest BCUT2D eigenvalue weighted by molar-refractivity contribution is -0.117. The Kier molecular flexibility index (Phi) is 8.56. The van der Waals surface area contributed by atoms with Crippen molar-refractivity contribution in [2.75, 3.05) is 5.75 Å². The van der Waals surface area contributed by atoms with Crippen molar-refractivity contribution >= 4 is 38.8 Å². The van der Waals surface area contributed by atoms with Crippen LogP contribution in [0.1, 0.15) is 37.5 Å². The molecule has 0 saturated heterocycles. The lowest BCUT2D eigenvalue weighted by Gasteiger charge is -2.13. The van der Waals surface area contributed by atoms with E-state index in [1.54, 1.807) is 43.3 Å². The molecule has 0 aliphatic heterocycles. The van der Waals surface area contributed by atoms with Gasteiger partial charge in [-0.2, -0.15) is 0 Å². The third-order valence-electron chi connectivity index (χ3n) is 5.54. The lowest BCUT2D eigenvalue weighted by Crippen LogP contribution is -2.08. The number of hydrogen-bond acceptors (Lipinski definition) is 3. The van der Waals surface area contributed by atoms with Crippen molar-refractivity contribution < 1.29 is 17.6 Å². The van der Waals surface area contributed by atoms with Crippen LogP contribution < -0.4 is 0 Å². The van der Waals surface area contributed by atoms with E-state index < -0.39 is 9.84 Å². The van der Waals surface area contributed by atoms with Gasteiger partial charge in [-0.05, 0) is 64.9 Å². The summed E-state index contributed by atoms with van der Waals surface area (Å²) in [4.78, 5) is 12.9. The normalized spacial score (nSPS) is 11.7. The zero-order valence-electron chi connectivity index (χ0n) is 19.4. The van der Waals surface area contributed by atoms with E-state index in [-0.39, 0.29) is 35.1 Å². The van der Waals surface area contributed by atoms with Gasteiger partial charge >= 0.3 is 0 Å². The Morgan fingerprint density at radius 3 is 2.03 bits per heavy atom. The SMILES string of the molecule is CCS(=O)(=O)c1ccc(CC(=O)Cc2cc(Cl)c(-c3ccc(CC(C)C)c(F)c3)c(Cl)c2)cc1. The molecule has 0 amide bonds. The van der Waals surface area contributed by atoms with Gasteiger partial charge in [0.25, 0.3) is 0 Å². The van der Waals surface area contributed by atoms with Gasteiger partial charge in [0.05, 0.1) is 20.7 Å². The maximum atomic E-state index is 14.6. The second-order valence-corrected chi connectivity index (χ2v) is 11.9. The van der Waals surface area contributed by atoms with Crippen LogP contribution in [-0.2, 0) is 33.9 Å². The van der Waals surface area contributed by atoms with Crippen molar-refractivity contribution in [1.29, 1.82) is 0 Å². The number of ketones is 1. The first kappa shape index (κ1) is 26.4. The van der Waals surface area contributed by atoms with E-state index in [9.17, 15) is 17.6 Å². The van der Waals surface area contributed by atoms with Gasteiger partial charge < -0.3 is 0 Å². The summed E-state index contributed by atoms with van der Waals surface area (Å²) in [6, 6.07) is 14.7. The van der Waals surface area contributed by atoms with Crippen LogP contribution in [-0.4, -0.2) is 20.0 Å². The first-order valence-corrected chi connectivity index (χ1v) is 13.5. The molecule has 0 aliphatic rings. The van der Waals surface area contributed by atoms with Crippen molar-refractivity contribution in [2.24, 2.45) is 5.92 Å². The van der Waals surface area contributed by atoms with Crippen molar-refractivity contribution in [2.45, 2.75) is 44.9 Å². The Bertz CT molecular complexity index is 1280. The van der Waals surface area contributed by atoms with Crippen LogP contribution in [0.4, 0.5) is 4.39 Å². The number of benzene rings is 3. The van der Waals surface area contributed by atoms with Crippen molar-refractivity contribution in [3.63, 3.8) is 0 Å². The van der Waals surface area contributed by atoms with Gasteiger partial charge in [-0.1, -0.05) is 68.2 Å². The molecule has 0 fully saturated rings. The molecule has 0 aromatic heterocycles. The summed E-state index contributed by atoms with van der Waals surface area (Å²) in [6.45, 7) is 5.66. The second-order valence-electron chi connectivity index (χ2n) is 8.78. The highest BCUT2D eigenvalue weighted by Gasteiger charge is 2.16. The summed E-state index contributed by atoms with van der Waals surface area (Å²) in [7, 11) is -3.28. The predicted molar refractivity (Wildman–Crippen MR) is 137 cm³/mol. The highest BCUT2D eigenvalue weighted by atomic mass is 35.5. The molecule has 3 nitrogen and oxygen atoms in total. The summed E-state index contributed by atoms with van der Waals surface area (Å²) in [5.41, 5.74) is 3.15. The van der Waals surface area contributed by atoms with Crippen molar-refractivity contribution in [3.8, 4) is 11.1 Å². The molecule has 3 rings (SSSR count). The largest absolute Gasteiger partial charge is 0.299 e. The number of carbonyl (C=O) groups is 1. The fraction of sp³-hybridized carbons (Fsp3) is 0.296. The number of carbonyl (C=O) groups excluding carboxylic acids is 1. The molecule has 0 radical (unpaired) electrons. The number of sulfone groups is 1. The van der Waals surface area contributed by atoms with Gasteiger partial charge in [0, 0.05) is 18.4 Å². The third-order valence-corrected chi connectivity index (χ3v) is 7.88. The Morgan fingerprint density at radius 1 is 0.912 bits per heavy atom. The summed E-state index contributed by atoms with van der Waals surface area (Å²) < 4.78 is 38.4. The quantitative estimate of drug-likeness (QED) is 0.301. The van der Waals surface area contributed by atoms with Crippen molar-refractivity contribution in [1.82, 2.24) is 0 Å². The predicted octanol–water partition coefficient (Wildman–Crippen LogP) is 7.15. The van der Waals surface area contributed by atoms with Crippen LogP contribution in [0.25, 0.3) is 11.1 Å². The zero-order chi connectivity index (χ0) is 25.0. The van der Waals surface area contributed by atoms with Crippen LogP contribution in [0.5, 0.6) is 0 Å². The first-order valence-electron chi connectivity index (χ1n) is 11.1. The molecule has 3 aromatic rings. The standard InChI is InChI=1S/C27H27Cl2FO3S/c1-4-34(32,33)23-9-5-18(6-10-23)12-22(31)13-19-14-24(28)27(25(29)15-19)21-8-7-20(11-17(2)3)26(30)16-21/h5-10,14-17H,4,11-13H2,1-3H3. The minimum absolute atomic E-state index is 0.0253. The maximum absolute atomic E-state index is 14.6. The Labute approximate surface area is 210 Å². The average molecular weight is 521 g/mol. The molecule has 0 atom stereocenters. The first-order chi connectivity index (χ1) is 16.0. The van der Waals surface area contributed by atoms with Gasteiger partial charge in [-0.25, -0.2) is 12.8 Å². The van der Waals surface area contributed by atoms with E-state index in [0.717, 1.165) is 5.56 Å². The Hall–Kier alpha value is -2.21. The Morgan fingerprint density at radius 2 is 1.50 bits per heavy atom. The van der Waals surface area contributed by atoms with Crippen LogP contribution in [0.2, 0.25) is 10.0 Å². The molecule has 0 aliphatic carbocycles. The summed E-state index contributed by atoms with van der Waals surface area (Å²) >= 11 is 13.0. The van der Waals surface area contributed by atoms with Gasteiger partial charge in [-0.15, -0.1) is 0 Å². The molecule has 0 bridgehead atoms. The highest BCUT2D eigenvalue weighted by molar-refractivity contribution is 7.91. The van der Waals surface area contributed by atoms with Gasteiger partial charge in [0.1, 0.15) is 11.6 Å². The molecule has 0 N–H and O–H groups in total. The molecule has 3 aromatic carbocycles. The molecular formula is C27H27Cl2FO3S. The number of halogens is 3. The fourth-order valence-electron chi connectivity index (χ4n) is 3.81. The minimum Gasteiger partial charge on any atom is -0.299 e. The highest BCUT2D eigenvalue weighted by Crippen LogP contribution is 2.37. The third kappa shape index (κ3) is 6.47. The van der Waals surface area contributed by atoms with Gasteiger partial charge in [-0.3, -0.25) is 4.79 Å². The van der Waals surface area contributed by atoms with Crippen LogP contribution >= 0.6 is 23.2 Å². The summed E-state index contributed by atoms with van der Waals surface area (Å²) in [5, 5.41) is 0.695. The summed E-state index contributed by atoms with van der Waals surface area (Å²) in [6.07, 6.45) is 0.925. The molecule has 180 valence electrons. The van der Waals surface area contributed by atoms with Crippen LogP contribution in [0.3, 0.4) is 0 Å². The summed E-state index contributed by atoms with van der Waals surface area (Å²) in [5.74, 6) is 0.00872. The monoisotopic (exact) mass is 520 g/mol. The lowest BCUT2D eigenvalue weighted by atomic mass is 9.96. The Balaban J connectivity index is 1.75. The van der Waals surface area contributed by atoms with Crippen LogP contribution in [0, 0.1) is 11.7 Å². The van der Waals surface area contributed by atoms with E-state index >= 15 is 0 Å². The van der Waals surface area contributed by atoms with E-state index in [2.05, 4.69) is 0 Å². The minimum atomic E-state index is -3.28. The fourth-order valence-corrected chi connectivity index (χ4v) is 5.45. The second kappa shape index (κ2) is 11.0. The molecule has 0 saturated carbocycles.